The Labute approximate surface area is 130 Å². The number of aryl methyl sites for hydroxylation is 1. The van der Waals surface area contributed by atoms with Crippen LogP contribution >= 0.6 is 15.9 Å². The van der Waals surface area contributed by atoms with Crippen molar-refractivity contribution in [2.75, 3.05) is 0 Å². The quantitative estimate of drug-likeness (QED) is 0.677. The molecule has 0 aliphatic rings. The van der Waals surface area contributed by atoms with Gasteiger partial charge in [0.2, 0.25) is 0 Å². The predicted octanol–water partition coefficient (Wildman–Crippen LogP) is 3.60. The molecular weight excluding hydrogens is 336 g/mol. The molecule has 0 spiro atoms. The molecule has 2 aromatic carbocycles. The summed E-state index contributed by atoms with van der Waals surface area (Å²) in [6, 6.07) is 11.8. The van der Waals surface area contributed by atoms with Crippen molar-refractivity contribution in [3.05, 3.63) is 73.7 Å². The van der Waals surface area contributed by atoms with Crippen molar-refractivity contribution in [3.63, 3.8) is 0 Å². The van der Waals surface area contributed by atoms with E-state index in [0.29, 0.717) is 17.7 Å². The number of halogens is 1. The minimum absolute atomic E-state index is 0.0911. The molecule has 0 saturated carbocycles. The van der Waals surface area contributed by atoms with E-state index in [0.717, 1.165) is 10.0 Å². The monoisotopic (exact) mass is 348 g/mol. The highest BCUT2D eigenvalue weighted by atomic mass is 79.9. The lowest BCUT2D eigenvalue weighted by molar-refractivity contribution is -0.384. The Morgan fingerprint density at radius 2 is 2.00 bits per heavy atom. The van der Waals surface area contributed by atoms with Crippen LogP contribution in [0.1, 0.15) is 21.5 Å². The zero-order valence-electron chi connectivity index (χ0n) is 11.3. The largest absolute Gasteiger partial charge is 0.348 e. The first-order valence-corrected chi connectivity index (χ1v) is 7.05. The van der Waals surface area contributed by atoms with E-state index in [-0.39, 0.29) is 11.6 Å². The third-order valence-electron chi connectivity index (χ3n) is 3.07. The van der Waals surface area contributed by atoms with E-state index in [9.17, 15) is 14.9 Å². The minimum Gasteiger partial charge on any atom is -0.348 e. The molecule has 0 bridgehead atoms. The molecule has 0 saturated heterocycles. The van der Waals surface area contributed by atoms with Crippen LogP contribution in [0, 0.1) is 17.0 Å². The molecule has 5 nitrogen and oxygen atoms in total. The van der Waals surface area contributed by atoms with E-state index in [1.165, 1.54) is 12.1 Å². The van der Waals surface area contributed by atoms with Crippen LogP contribution in [0.4, 0.5) is 5.69 Å². The molecule has 108 valence electrons. The highest BCUT2D eigenvalue weighted by molar-refractivity contribution is 9.10. The molecule has 0 fully saturated rings. The van der Waals surface area contributed by atoms with Crippen molar-refractivity contribution in [1.82, 2.24) is 5.32 Å². The van der Waals surface area contributed by atoms with Crippen molar-refractivity contribution < 1.29 is 9.72 Å². The van der Waals surface area contributed by atoms with Gasteiger partial charge in [0, 0.05) is 28.7 Å². The summed E-state index contributed by atoms with van der Waals surface area (Å²) in [5.41, 5.74) is 1.86. The van der Waals surface area contributed by atoms with Gasteiger partial charge in [-0.1, -0.05) is 40.2 Å². The second kappa shape index (κ2) is 6.49. The average molecular weight is 349 g/mol. The Kier molecular flexibility index (Phi) is 4.70. The smallest absolute Gasteiger partial charge is 0.270 e. The van der Waals surface area contributed by atoms with Gasteiger partial charge >= 0.3 is 0 Å². The van der Waals surface area contributed by atoms with Gasteiger partial charge in [-0.3, -0.25) is 14.9 Å². The van der Waals surface area contributed by atoms with E-state index in [1.54, 1.807) is 13.0 Å². The van der Waals surface area contributed by atoms with Crippen LogP contribution < -0.4 is 5.32 Å². The SMILES string of the molecule is Cc1ccc([N+](=O)[O-])cc1C(=O)NCc1ccccc1Br. The third-order valence-corrected chi connectivity index (χ3v) is 3.85. The number of nitrogens with one attached hydrogen (secondary N) is 1. The highest BCUT2D eigenvalue weighted by Crippen LogP contribution is 2.18. The van der Waals surface area contributed by atoms with Gasteiger partial charge in [-0.2, -0.15) is 0 Å². The molecule has 0 atom stereocenters. The standard InChI is InChI=1S/C15H13BrN2O3/c1-10-6-7-12(18(20)21)8-13(10)15(19)17-9-11-4-2-3-5-14(11)16/h2-8H,9H2,1H3,(H,17,19). The van der Waals surface area contributed by atoms with Crippen LogP contribution in [-0.2, 0) is 6.54 Å². The Morgan fingerprint density at radius 3 is 2.67 bits per heavy atom. The molecule has 2 rings (SSSR count). The van der Waals surface area contributed by atoms with Gasteiger partial charge in [-0.05, 0) is 24.1 Å². The number of hydrogen-bond donors (Lipinski definition) is 1. The second-order valence-electron chi connectivity index (χ2n) is 4.53. The van der Waals surface area contributed by atoms with Gasteiger partial charge in [0.15, 0.2) is 0 Å². The fourth-order valence-corrected chi connectivity index (χ4v) is 2.31. The van der Waals surface area contributed by atoms with Crippen LogP contribution in [0.2, 0.25) is 0 Å². The number of amides is 1. The topological polar surface area (TPSA) is 72.2 Å². The van der Waals surface area contributed by atoms with Crippen LogP contribution in [0.15, 0.2) is 46.9 Å². The van der Waals surface area contributed by atoms with Crippen molar-refractivity contribution in [1.29, 1.82) is 0 Å². The predicted molar refractivity (Wildman–Crippen MR) is 83.1 cm³/mol. The zero-order valence-corrected chi connectivity index (χ0v) is 12.9. The summed E-state index contributed by atoms with van der Waals surface area (Å²) in [7, 11) is 0. The lowest BCUT2D eigenvalue weighted by Crippen LogP contribution is -2.23. The van der Waals surface area contributed by atoms with Gasteiger partial charge in [0.25, 0.3) is 11.6 Å². The third kappa shape index (κ3) is 3.66. The molecule has 0 radical (unpaired) electrons. The molecule has 1 amide bonds. The van der Waals surface area contributed by atoms with Crippen LogP contribution in [0.5, 0.6) is 0 Å². The molecule has 0 aliphatic carbocycles. The Hall–Kier alpha value is -2.21. The van der Waals surface area contributed by atoms with Gasteiger partial charge < -0.3 is 5.32 Å². The van der Waals surface area contributed by atoms with Crippen LogP contribution in [0.3, 0.4) is 0 Å². The van der Waals surface area contributed by atoms with Crippen molar-refractivity contribution in [2.24, 2.45) is 0 Å². The summed E-state index contributed by atoms with van der Waals surface area (Å²) in [4.78, 5) is 22.4. The first-order valence-electron chi connectivity index (χ1n) is 6.25. The first kappa shape index (κ1) is 15.2. The fraction of sp³-hybridized carbons (Fsp3) is 0.133. The number of benzene rings is 2. The Morgan fingerprint density at radius 1 is 1.29 bits per heavy atom. The van der Waals surface area contributed by atoms with Gasteiger partial charge in [-0.15, -0.1) is 0 Å². The van der Waals surface area contributed by atoms with E-state index in [2.05, 4.69) is 21.2 Å². The van der Waals surface area contributed by atoms with E-state index in [1.807, 2.05) is 24.3 Å². The molecule has 1 N–H and O–H groups in total. The number of hydrogen-bond acceptors (Lipinski definition) is 3. The zero-order chi connectivity index (χ0) is 15.4. The maximum Gasteiger partial charge on any atom is 0.270 e. The molecule has 0 unspecified atom stereocenters. The molecule has 0 aliphatic heterocycles. The van der Waals surface area contributed by atoms with E-state index < -0.39 is 4.92 Å². The summed E-state index contributed by atoms with van der Waals surface area (Å²) in [6.07, 6.45) is 0. The molecule has 6 heteroatoms. The molecular formula is C15H13BrN2O3. The first-order chi connectivity index (χ1) is 9.99. The summed E-state index contributed by atoms with van der Waals surface area (Å²) in [5, 5.41) is 13.6. The number of nitrogens with zero attached hydrogens (tertiary/aromatic N) is 1. The van der Waals surface area contributed by atoms with Crippen molar-refractivity contribution in [2.45, 2.75) is 13.5 Å². The van der Waals surface area contributed by atoms with E-state index in [4.69, 9.17) is 0 Å². The lowest BCUT2D eigenvalue weighted by atomic mass is 10.1. The molecule has 0 aromatic heterocycles. The van der Waals surface area contributed by atoms with Crippen LogP contribution in [0.25, 0.3) is 0 Å². The Balaban J connectivity index is 2.15. The molecule has 21 heavy (non-hydrogen) atoms. The number of rotatable bonds is 4. The number of non-ortho nitro benzene ring substituents is 1. The summed E-state index contributed by atoms with van der Waals surface area (Å²) < 4.78 is 0.904. The average Bonchev–Trinajstić information content (AvgIpc) is 2.46. The Bertz CT molecular complexity index is 701. The van der Waals surface area contributed by atoms with Crippen molar-refractivity contribution >= 4 is 27.5 Å². The highest BCUT2D eigenvalue weighted by Gasteiger charge is 2.14. The van der Waals surface area contributed by atoms with Gasteiger partial charge in [-0.25, -0.2) is 0 Å². The number of carbonyl (C=O) groups is 1. The maximum absolute atomic E-state index is 12.2. The minimum atomic E-state index is -0.510. The summed E-state index contributed by atoms with van der Waals surface area (Å²) in [6.45, 7) is 2.10. The fourth-order valence-electron chi connectivity index (χ4n) is 1.88. The summed E-state index contributed by atoms with van der Waals surface area (Å²) in [5.74, 6) is -0.327. The number of nitro benzene ring substituents is 1. The lowest BCUT2D eigenvalue weighted by Gasteiger charge is -2.09. The normalized spacial score (nSPS) is 10.2. The van der Waals surface area contributed by atoms with E-state index >= 15 is 0 Å². The molecule has 2 aromatic rings. The van der Waals surface area contributed by atoms with Crippen molar-refractivity contribution in [3.8, 4) is 0 Å². The number of carbonyl (C=O) groups excluding carboxylic acids is 1. The summed E-state index contributed by atoms with van der Waals surface area (Å²) >= 11 is 3.41. The second-order valence-corrected chi connectivity index (χ2v) is 5.38. The van der Waals surface area contributed by atoms with Crippen LogP contribution in [-0.4, -0.2) is 10.8 Å². The maximum atomic E-state index is 12.2. The van der Waals surface area contributed by atoms with Gasteiger partial charge in [0.05, 0.1) is 4.92 Å². The number of nitro groups is 1. The van der Waals surface area contributed by atoms with Gasteiger partial charge in [0.1, 0.15) is 0 Å². The molecule has 0 heterocycles.